The molecule has 0 amide bonds. The number of rotatable bonds is 2. The lowest BCUT2D eigenvalue weighted by Gasteiger charge is -2.13. The number of alkyl halides is 1. The van der Waals surface area contributed by atoms with E-state index in [9.17, 15) is 17.6 Å². The van der Waals surface area contributed by atoms with E-state index in [-0.39, 0.29) is 16.1 Å². The number of halogens is 6. The van der Waals surface area contributed by atoms with Crippen molar-refractivity contribution in [1.29, 1.82) is 0 Å². The van der Waals surface area contributed by atoms with Gasteiger partial charge in [-0.2, -0.15) is 0 Å². The molecular formula is C13H6Cl2F4. The zero-order chi connectivity index (χ0) is 14.2. The van der Waals surface area contributed by atoms with Crippen LogP contribution in [0.2, 0.25) is 5.02 Å². The summed E-state index contributed by atoms with van der Waals surface area (Å²) in [7, 11) is 0. The van der Waals surface area contributed by atoms with Crippen molar-refractivity contribution in [3.63, 3.8) is 0 Å². The predicted molar refractivity (Wildman–Crippen MR) is 65.4 cm³/mol. The summed E-state index contributed by atoms with van der Waals surface area (Å²) in [5.41, 5.74) is -0.0660. The van der Waals surface area contributed by atoms with E-state index in [1.165, 1.54) is 6.07 Å². The normalized spacial score (nSPS) is 12.5. The fraction of sp³-hybridized carbons (Fsp3) is 0.0769. The molecule has 0 aliphatic rings. The summed E-state index contributed by atoms with van der Waals surface area (Å²) < 4.78 is 52.4. The van der Waals surface area contributed by atoms with Crippen LogP contribution in [-0.2, 0) is 0 Å². The van der Waals surface area contributed by atoms with Gasteiger partial charge in [0.25, 0.3) is 0 Å². The molecule has 0 nitrogen and oxygen atoms in total. The Kier molecular flexibility index (Phi) is 4.02. The largest absolute Gasteiger partial charge is 0.207 e. The second-order valence-corrected chi connectivity index (χ2v) is 4.66. The lowest BCUT2D eigenvalue weighted by molar-refractivity contribution is 0.490. The van der Waals surface area contributed by atoms with Crippen LogP contribution in [0.25, 0.3) is 0 Å². The van der Waals surface area contributed by atoms with Gasteiger partial charge in [-0.25, -0.2) is 17.6 Å². The third-order valence-corrected chi connectivity index (χ3v) is 3.35. The van der Waals surface area contributed by atoms with Crippen molar-refractivity contribution in [2.75, 3.05) is 0 Å². The molecule has 2 rings (SSSR count). The van der Waals surface area contributed by atoms with Gasteiger partial charge in [-0.1, -0.05) is 17.7 Å². The Morgan fingerprint density at radius 3 is 2.05 bits per heavy atom. The Morgan fingerprint density at radius 1 is 0.789 bits per heavy atom. The second kappa shape index (κ2) is 5.39. The van der Waals surface area contributed by atoms with E-state index >= 15 is 0 Å². The Labute approximate surface area is 116 Å². The van der Waals surface area contributed by atoms with Crippen molar-refractivity contribution in [3.05, 3.63) is 69.8 Å². The van der Waals surface area contributed by atoms with Crippen LogP contribution in [0.15, 0.2) is 30.3 Å². The Hall–Kier alpha value is -1.26. The van der Waals surface area contributed by atoms with Gasteiger partial charge in [-0.15, -0.1) is 11.6 Å². The van der Waals surface area contributed by atoms with Crippen molar-refractivity contribution >= 4 is 23.2 Å². The SMILES string of the molecule is Fc1ccc(C(Cl)c2cc(F)c(F)cc2F)c(Cl)c1. The molecule has 1 unspecified atom stereocenters. The van der Waals surface area contributed by atoms with Gasteiger partial charge in [0.15, 0.2) is 11.6 Å². The molecule has 0 aliphatic carbocycles. The van der Waals surface area contributed by atoms with Crippen LogP contribution in [0.4, 0.5) is 17.6 Å². The topological polar surface area (TPSA) is 0 Å². The van der Waals surface area contributed by atoms with Crippen LogP contribution in [-0.4, -0.2) is 0 Å². The van der Waals surface area contributed by atoms with Crippen molar-refractivity contribution in [2.24, 2.45) is 0 Å². The monoisotopic (exact) mass is 308 g/mol. The second-order valence-electron chi connectivity index (χ2n) is 3.82. The number of benzene rings is 2. The molecule has 0 saturated heterocycles. The van der Waals surface area contributed by atoms with Crippen LogP contribution < -0.4 is 0 Å². The first-order valence-electron chi connectivity index (χ1n) is 5.13. The first-order chi connectivity index (χ1) is 8.90. The Morgan fingerprint density at radius 2 is 1.42 bits per heavy atom. The molecule has 0 fully saturated rings. The highest BCUT2D eigenvalue weighted by Gasteiger charge is 2.20. The highest BCUT2D eigenvalue weighted by atomic mass is 35.5. The van der Waals surface area contributed by atoms with Crippen LogP contribution in [0.5, 0.6) is 0 Å². The standard InChI is InChI=1S/C13H6Cl2F4/c14-9-3-6(16)1-2-7(9)13(15)8-4-11(18)12(19)5-10(8)17/h1-5,13H. The summed E-state index contributed by atoms with van der Waals surface area (Å²) in [6.07, 6.45) is 0. The highest BCUT2D eigenvalue weighted by molar-refractivity contribution is 6.33. The molecule has 19 heavy (non-hydrogen) atoms. The molecule has 0 bridgehead atoms. The minimum absolute atomic E-state index is 0.0240. The first-order valence-corrected chi connectivity index (χ1v) is 5.95. The molecule has 0 saturated carbocycles. The third kappa shape index (κ3) is 2.85. The maximum atomic E-state index is 13.6. The average Bonchev–Trinajstić information content (AvgIpc) is 2.33. The van der Waals surface area contributed by atoms with Crippen molar-refractivity contribution in [1.82, 2.24) is 0 Å². The predicted octanol–water partition coefficient (Wildman–Crippen LogP) is 5.22. The Bertz CT molecular complexity index is 628. The minimum Gasteiger partial charge on any atom is -0.207 e. The van der Waals surface area contributed by atoms with Gasteiger partial charge in [0.1, 0.15) is 11.6 Å². The van der Waals surface area contributed by atoms with Gasteiger partial charge < -0.3 is 0 Å². The van der Waals surface area contributed by atoms with Crippen molar-refractivity contribution in [2.45, 2.75) is 5.38 Å². The smallest absolute Gasteiger partial charge is 0.161 e. The fourth-order valence-electron chi connectivity index (χ4n) is 1.61. The van der Waals surface area contributed by atoms with E-state index in [4.69, 9.17) is 23.2 Å². The number of hydrogen-bond acceptors (Lipinski definition) is 0. The summed E-state index contributed by atoms with van der Waals surface area (Å²) in [6, 6.07) is 4.41. The summed E-state index contributed by atoms with van der Waals surface area (Å²) >= 11 is 11.8. The molecule has 100 valence electrons. The van der Waals surface area contributed by atoms with E-state index in [1.54, 1.807) is 0 Å². The van der Waals surface area contributed by atoms with Gasteiger partial charge in [0.05, 0.1) is 5.38 Å². The van der Waals surface area contributed by atoms with Crippen molar-refractivity contribution in [3.8, 4) is 0 Å². The number of hydrogen-bond donors (Lipinski definition) is 0. The molecule has 0 radical (unpaired) electrons. The summed E-state index contributed by atoms with van der Waals surface area (Å²) in [5.74, 6) is -4.11. The Balaban J connectivity index is 2.49. The zero-order valence-electron chi connectivity index (χ0n) is 9.23. The lowest BCUT2D eigenvalue weighted by Crippen LogP contribution is -2.01. The van der Waals surface area contributed by atoms with E-state index in [0.717, 1.165) is 12.1 Å². The summed E-state index contributed by atoms with van der Waals surface area (Å²) in [4.78, 5) is 0. The van der Waals surface area contributed by atoms with E-state index in [1.807, 2.05) is 0 Å². The van der Waals surface area contributed by atoms with E-state index in [2.05, 4.69) is 0 Å². The summed E-state index contributed by atoms with van der Waals surface area (Å²) in [6.45, 7) is 0. The van der Waals surface area contributed by atoms with Gasteiger partial charge in [-0.3, -0.25) is 0 Å². The molecule has 0 aliphatic heterocycles. The van der Waals surface area contributed by atoms with Crippen LogP contribution in [0, 0.1) is 23.3 Å². The molecule has 2 aromatic rings. The molecule has 2 aromatic carbocycles. The first kappa shape index (κ1) is 14.2. The summed E-state index contributed by atoms with van der Waals surface area (Å²) in [5, 5.41) is -1.17. The van der Waals surface area contributed by atoms with E-state index < -0.39 is 28.6 Å². The molecule has 6 heteroatoms. The minimum atomic E-state index is -1.31. The molecular weight excluding hydrogens is 303 g/mol. The maximum Gasteiger partial charge on any atom is 0.161 e. The van der Waals surface area contributed by atoms with Crippen LogP contribution in [0.3, 0.4) is 0 Å². The third-order valence-electron chi connectivity index (χ3n) is 2.55. The van der Waals surface area contributed by atoms with Crippen LogP contribution >= 0.6 is 23.2 Å². The maximum absolute atomic E-state index is 13.6. The molecule has 0 N–H and O–H groups in total. The molecule has 0 spiro atoms. The molecule has 0 heterocycles. The van der Waals surface area contributed by atoms with Gasteiger partial charge in [-0.05, 0) is 23.8 Å². The molecule has 0 aromatic heterocycles. The fourth-order valence-corrected chi connectivity index (χ4v) is 2.30. The molecule has 1 atom stereocenters. The lowest BCUT2D eigenvalue weighted by atomic mass is 10.0. The van der Waals surface area contributed by atoms with Gasteiger partial charge >= 0.3 is 0 Å². The zero-order valence-corrected chi connectivity index (χ0v) is 10.7. The van der Waals surface area contributed by atoms with Crippen LogP contribution in [0.1, 0.15) is 16.5 Å². The van der Waals surface area contributed by atoms with Gasteiger partial charge in [0, 0.05) is 16.7 Å². The van der Waals surface area contributed by atoms with E-state index in [0.29, 0.717) is 12.1 Å². The van der Waals surface area contributed by atoms with Crippen molar-refractivity contribution < 1.29 is 17.6 Å². The average molecular weight is 309 g/mol. The quantitative estimate of drug-likeness (QED) is 0.405. The van der Waals surface area contributed by atoms with Gasteiger partial charge in [0.2, 0.25) is 0 Å². The highest BCUT2D eigenvalue weighted by Crippen LogP contribution is 2.35.